The number of carbonyl (C=O) groups excluding carboxylic acids is 1. The molecule has 3 rings (SSSR count). The van der Waals surface area contributed by atoms with Gasteiger partial charge in [-0.2, -0.15) is 0 Å². The number of H-pyrrole nitrogens is 1. The Labute approximate surface area is 159 Å². The highest BCUT2D eigenvalue weighted by atomic mass is 16.3. The highest BCUT2D eigenvalue weighted by molar-refractivity contribution is 5.80. The molecule has 3 N–H and O–H groups in total. The summed E-state index contributed by atoms with van der Waals surface area (Å²) < 4.78 is 0. The van der Waals surface area contributed by atoms with Gasteiger partial charge >= 0.3 is 6.03 Å². The number of nitrogens with zero attached hydrogens (tertiary/aromatic N) is 1. The summed E-state index contributed by atoms with van der Waals surface area (Å²) in [6, 6.07) is 7.82. The first-order valence-corrected chi connectivity index (χ1v) is 9.92. The fraction of sp³-hybridized carbons (Fsp3) is 0.524. The maximum absolute atomic E-state index is 12.7. The van der Waals surface area contributed by atoms with Crippen molar-refractivity contribution in [1.29, 1.82) is 0 Å². The zero-order valence-electron chi connectivity index (χ0n) is 16.0. The molecule has 0 radical (unpaired) electrons. The lowest BCUT2D eigenvalue weighted by Gasteiger charge is -2.28. The molecule has 1 aliphatic rings. The number of rotatable bonds is 6. The molecule has 0 saturated heterocycles. The van der Waals surface area contributed by atoms with E-state index in [9.17, 15) is 14.7 Å². The van der Waals surface area contributed by atoms with Gasteiger partial charge in [0, 0.05) is 23.7 Å². The van der Waals surface area contributed by atoms with E-state index in [1.807, 2.05) is 18.2 Å². The number of aromatic amines is 1. The summed E-state index contributed by atoms with van der Waals surface area (Å²) in [4.78, 5) is 29.6. The largest absolute Gasteiger partial charge is 0.395 e. The van der Waals surface area contributed by atoms with Crippen LogP contribution in [-0.4, -0.2) is 40.2 Å². The van der Waals surface area contributed by atoms with Crippen LogP contribution >= 0.6 is 0 Å². The van der Waals surface area contributed by atoms with Crippen LogP contribution in [0.4, 0.5) is 4.79 Å². The molecule has 1 heterocycles. The first-order chi connectivity index (χ1) is 13.1. The fourth-order valence-corrected chi connectivity index (χ4v) is 3.73. The van der Waals surface area contributed by atoms with E-state index in [1.54, 1.807) is 0 Å². The average Bonchev–Trinajstić information content (AvgIpc) is 2.68. The molecular formula is C21H29N3O3. The average molecular weight is 371 g/mol. The van der Waals surface area contributed by atoms with Gasteiger partial charge in [0.1, 0.15) is 0 Å². The number of aliphatic hydroxyl groups is 1. The molecule has 27 heavy (non-hydrogen) atoms. The number of amides is 2. The van der Waals surface area contributed by atoms with Crippen molar-refractivity contribution < 1.29 is 9.90 Å². The lowest BCUT2D eigenvalue weighted by Crippen LogP contribution is -2.46. The highest BCUT2D eigenvalue weighted by Gasteiger charge is 2.20. The maximum atomic E-state index is 12.7. The van der Waals surface area contributed by atoms with Crippen LogP contribution in [-0.2, 0) is 13.0 Å². The molecule has 1 saturated carbocycles. The van der Waals surface area contributed by atoms with Crippen LogP contribution < -0.4 is 10.9 Å². The third kappa shape index (κ3) is 4.89. The van der Waals surface area contributed by atoms with E-state index >= 15 is 0 Å². The van der Waals surface area contributed by atoms with Gasteiger partial charge < -0.3 is 20.3 Å². The third-order valence-electron chi connectivity index (χ3n) is 5.34. The Morgan fingerprint density at radius 3 is 2.74 bits per heavy atom. The summed E-state index contributed by atoms with van der Waals surface area (Å²) in [5, 5.41) is 13.4. The molecule has 0 bridgehead atoms. The summed E-state index contributed by atoms with van der Waals surface area (Å²) in [6.45, 7) is 2.33. The number of benzene rings is 1. The number of urea groups is 1. The molecule has 6 heteroatoms. The van der Waals surface area contributed by atoms with E-state index in [0.717, 1.165) is 43.0 Å². The van der Waals surface area contributed by atoms with Crippen LogP contribution in [0.15, 0.2) is 29.1 Å². The third-order valence-corrected chi connectivity index (χ3v) is 5.34. The van der Waals surface area contributed by atoms with E-state index in [1.165, 1.54) is 16.9 Å². The van der Waals surface area contributed by atoms with Gasteiger partial charge in [-0.15, -0.1) is 0 Å². The second-order valence-electron chi connectivity index (χ2n) is 7.33. The predicted molar refractivity (Wildman–Crippen MR) is 107 cm³/mol. The van der Waals surface area contributed by atoms with E-state index in [4.69, 9.17) is 0 Å². The van der Waals surface area contributed by atoms with Gasteiger partial charge in [0.2, 0.25) is 0 Å². The Kier molecular flexibility index (Phi) is 6.50. The molecule has 0 atom stereocenters. The minimum atomic E-state index is -0.210. The normalized spacial score (nSPS) is 15.0. The van der Waals surface area contributed by atoms with Crippen LogP contribution in [0.2, 0.25) is 0 Å². The molecule has 2 amide bonds. The van der Waals surface area contributed by atoms with Crippen LogP contribution in [0, 0.1) is 0 Å². The predicted octanol–water partition coefficient (Wildman–Crippen LogP) is 2.93. The standard InChI is InChI=1S/C21H29N3O3/c1-2-15-8-9-19-16(12-15)13-17(20(26)23-19)14-24(10-11-25)21(27)22-18-6-4-3-5-7-18/h8-9,12-13,18,25H,2-7,10-11,14H2,1H3,(H,22,27)(H,23,26). The molecule has 1 fully saturated rings. The molecule has 146 valence electrons. The molecule has 0 aliphatic heterocycles. The number of aryl methyl sites for hydroxylation is 1. The number of hydrogen-bond donors (Lipinski definition) is 3. The highest BCUT2D eigenvalue weighted by Crippen LogP contribution is 2.18. The number of carbonyl (C=O) groups is 1. The van der Waals surface area contributed by atoms with Crippen LogP contribution in [0.25, 0.3) is 10.9 Å². The number of pyridine rings is 1. The monoisotopic (exact) mass is 371 g/mol. The van der Waals surface area contributed by atoms with Gasteiger partial charge in [-0.05, 0) is 48.4 Å². The lowest BCUT2D eigenvalue weighted by molar-refractivity contribution is 0.168. The molecule has 6 nitrogen and oxygen atoms in total. The van der Waals surface area contributed by atoms with E-state index in [2.05, 4.69) is 23.3 Å². The smallest absolute Gasteiger partial charge is 0.317 e. The van der Waals surface area contributed by atoms with E-state index in [-0.39, 0.29) is 37.3 Å². The summed E-state index contributed by atoms with van der Waals surface area (Å²) in [7, 11) is 0. The van der Waals surface area contributed by atoms with Crippen molar-refractivity contribution in [3.63, 3.8) is 0 Å². The lowest BCUT2D eigenvalue weighted by atomic mass is 9.96. The van der Waals surface area contributed by atoms with Crippen LogP contribution in [0.5, 0.6) is 0 Å². The summed E-state index contributed by atoms with van der Waals surface area (Å²) in [5.74, 6) is 0. The van der Waals surface area contributed by atoms with Crippen LogP contribution in [0.3, 0.4) is 0 Å². The SMILES string of the molecule is CCc1ccc2[nH]c(=O)c(CN(CCO)C(=O)NC3CCCCC3)cc2c1. The Morgan fingerprint density at radius 1 is 1.26 bits per heavy atom. The zero-order valence-corrected chi connectivity index (χ0v) is 16.0. The quantitative estimate of drug-likeness (QED) is 0.730. The Hall–Kier alpha value is -2.34. The van der Waals surface area contributed by atoms with Crippen molar-refractivity contribution >= 4 is 16.9 Å². The van der Waals surface area contributed by atoms with Gasteiger partial charge in [-0.1, -0.05) is 32.3 Å². The van der Waals surface area contributed by atoms with Gasteiger partial charge in [0.05, 0.1) is 13.2 Å². The van der Waals surface area contributed by atoms with Crippen LogP contribution in [0.1, 0.15) is 50.2 Å². The van der Waals surface area contributed by atoms with Crippen molar-refractivity contribution in [3.05, 3.63) is 45.7 Å². The van der Waals surface area contributed by atoms with Crippen molar-refractivity contribution in [1.82, 2.24) is 15.2 Å². The molecule has 1 aliphatic carbocycles. The Morgan fingerprint density at radius 2 is 2.04 bits per heavy atom. The number of nitrogens with one attached hydrogen (secondary N) is 2. The molecule has 0 unspecified atom stereocenters. The van der Waals surface area contributed by atoms with Crippen molar-refractivity contribution in [3.8, 4) is 0 Å². The van der Waals surface area contributed by atoms with Crippen molar-refractivity contribution in [2.24, 2.45) is 0 Å². The maximum Gasteiger partial charge on any atom is 0.317 e. The molecule has 1 aromatic carbocycles. The molecular weight excluding hydrogens is 342 g/mol. The van der Waals surface area contributed by atoms with Gasteiger partial charge in [-0.25, -0.2) is 4.79 Å². The second kappa shape index (κ2) is 9.04. The number of fused-ring (bicyclic) bond motifs is 1. The number of hydrogen-bond acceptors (Lipinski definition) is 3. The molecule has 2 aromatic rings. The fourth-order valence-electron chi connectivity index (χ4n) is 3.73. The summed E-state index contributed by atoms with van der Waals surface area (Å²) >= 11 is 0. The molecule has 0 spiro atoms. The van der Waals surface area contributed by atoms with Crippen molar-refractivity contribution in [2.45, 2.75) is 58.0 Å². The summed E-state index contributed by atoms with van der Waals surface area (Å²) in [6.07, 6.45) is 6.40. The van der Waals surface area contributed by atoms with Gasteiger partial charge in [0.25, 0.3) is 5.56 Å². The first kappa shape index (κ1) is 19.4. The Balaban J connectivity index is 1.79. The minimum absolute atomic E-state index is 0.135. The topological polar surface area (TPSA) is 85.4 Å². The summed E-state index contributed by atoms with van der Waals surface area (Å²) in [5.41, 5.74) is 2.33. The van der Waals surface area contributed by atoms with Gasteiger partial charge in [0.15, 0.2) is 0 Å². The number of aromatic nitrogens is 1. The Bertz CT molecular complexity index is 840. The van der Waals surface area contributed by atoms with Gasteiger partial charge in [-0.3, -0.25) is 4.79 Å². The molecule has 1 aromatic heterocycles. The van der Waals surface area contributed by atoms with E-state index in [0.29, 0.717) is 5.56 Å². The minimum Gasteiger partial charge on any atom is -0.395 e. The van der Waals surface area contributed by atoms with Crippen molar-refractivity contribution in [2.75, 3.05) is 13.2 Å². The first-order valence-electron chi connectivity index (χ1n) is 9.92. The zero-order chi connectivity index (χ0) is 19.2. The van der Waals surface area contributed by atoms with E-state index < -0.39 is 0 Å². The number of aliphatic hydroxyl groups excluding tert-OH is 1. The second-order valence-corrected chi connectivity index (χ2v) is 7.33.